The smallest absolute Gasteiger partial charge is 0.227 e. The van der Waals surface area contributed by atoms with Gasteiger partial charge in [-0.2, -0.15) is 0 Å². The van der Waals surface area contributed by atoms with Gasteiger partial charge in [0.1, 0.15) is 5.52 Å². The largest absolute Gasteiger partial charge is 0.436 e. The van der Waals surface area contributed by atoms with Gasteiger partial charge in [0.15, 0.2) is 5.58 Å². The minimum Gasteiger partial charge on any atom is -0.436 e. The van der Waals surface area contributed by atoms with Crippen molar-refractivity contribution in [2.24, 2.45) is 0 Å². The zero-order valence-corrected chi connectivity index (χ0v) is 29.9. The number of hydrogen-bond donors (Lipinski definition) is 0. The first-order valence-corrected chi connectivity index (χ1v) is 18.6. The first-order valence-electron chi connectivity index (χ1n) is 18.6. The zero-order valence-electron chi connectivity index (χ0n) is 29.9. The monoisotopic (exact) mass is 702 g/mol. The van der Waals surface area contributed by atoms with Crippen LogP contribution in [0.4, 0.5) is 0 Å². The summed E-state index contributed by atoms with van der Waals surface area (Å²) in [6.07, 6.45) is 0. The van der Waals surface area contributed by atoms with E-state index in [1.807, 2.05) is 42.5 Å². The highest BCUT2D eigenvalue weighted by atomic mass is 16.3. The maximum absolute atomic E-state index is 6.13. The second-order valence-electron chi connectivity index (χ2n) is 13.8. The van der Waals surface area contributed by atoms with E-state index in [9.17, 15) is 0 Å². The molecular formula is C52H34N2O. The fraction of sp³-hybridized carbons (Fsp3) is 0. The van der Waals surface area contributed by atoms with Crippen LogP contribution < -0.4 is 0 Å². The quantitative estimate of drug-likeness (QED) is 0.166. The Morgan fingerprint density at radius 1 is 0.327 bits per heavy atom. The molecule has 10 aromatic rings. The van der Waals surface area contributed by atoms with Crippen LogP contribution in [0.2, 0.25) is 0 Å². The van der Waals surface area contributed by atoms with Crippen molar-refractivity contribution in [3.05, 3.63) is 206 Å². The van der Waals surface area contributed by atoms with E-state index in [1.165, 1.54) is 21.9 Å². The van der Waals surface area contributed by atoms with Crippen molar-refractivity contribution in [2.45, 2.75) is 0 Å². The predicted octanol–water partition coefficient (Wildman–Crippen LogP) is 14.0. The Labute approximate surface area is 319 Å². The summed E-state index contributed by atoms with van der Waals surface area (Å²) in [5.41, 5.74) is 15.8. The number of oxazole rings is 1. The van der Waals surface area contributed by atoms with Crippen LogP contribution in [0.15, 0.2) is 211 Å². The molecule has 0 amide bonds. The molecule has 0 aliphatic rings. The van der Waals surface area contributed by atoms with E-state index < -0.39 is 0 Å². The van der Waals surface area contributed by atoms with Gasteiger partial charge >= 0.3 is 0 Å². The molecule has 10 rings (SSSR count). The fourth-order valence-electron chi connectivity index (χ4n) is 7.57. The molecule has 8 aromatic carbocycles. The lowest BCUT2D eigenvalue weighted by Crippen LogP contribution is -1.93. The van der Waals surface area contributed by atoms with E-state index in [1.54, 1.807) is 0 Å². The highest BCUT2D eigenvalue weighted by molar-refractivity contribution is 6.05. The molecule has 3 heteroatoms. The third-order valence-corrected chi connectivity index (χ3v) is 10.3. The summed E-state index contributed by atoms with van der Waals surface area (Å²) in [7, 11) is 0. The highest BCUT2D eigenvalue weighted by Gasteiger charge is 2.16. The second-order valence-corrected chi connectivity index (χ2v) is 13.8. The summed E-state index contributed by atoms with van der Waals surface area (Å²) in [5, 5.41) is 2.40. The Kier molecular flexibility index (Phi) is 8.16. The number of benzene rings is 8. The minimum atomic E-state index is 0.628. The lowest BCUT2D eigenvalue weighted by molar-refractivity contribution is 0.620. The summed E-state index contributed by atoms with van der Waals surface area (Å²) in [6.45, 7) is 0. The lowest BCUT2D eigenvalue weighted by Gasteiger charge is -2.16. The van der Waals surface area contributed by atoms with Gasteiger partial charge in [0, 0.05) is 16.7 Å². The number of aromatic nitrogens is 2. The molecule has 0 aliphatic heterocycles. The van der Waals surface area contributed by atoms with E-state index >= 15 is 0 Å². The van der Waals surface area contributed by atoms with Gasteiger partial charge in [-0.15, -0.1) is 0 Å². The standard InChI is InChI=1S/C52H34N2O/c1-4-14-35(15-5-1)44-33-47(37-17-6-2-7-18-37)53-48(34-44)42-23-13-24-43(31-42)51-45-25-11-10-16-36(45)26-28-46(51)41-22-12-21-39(30-41)40-27-29-50-49(32-40)54-52(55-50)38-19-8-3-9-20-38/h1-34H. The third-order valence-electron chi connectivity index (χ3n) is 10.3. The van der Waals surface area contributed by atoms with E-state index in [-0.39, 0.29) is 0 Å². The van der Waals surface area contributed by atoms with E-state index in [4.69, 9.17) is 14.4 Å². The molecule has 0 bridgehead atoms. The van der Waals surface area contributed by atoms with E-state index in [0.717, 1.165) is 72.6 Å². The van der Waals surface area contributed by atoms with Gasteiger partial charge < -0.3 is 4.42 Å². The number of nitrogens with zero attached hydrogens (tertiary/aromatic N) is 2. The van der Waals surface area contributed by atoms with Crippen LogP contribution in [0.3, 0.4) is 0 Å². The Bertz CT molecular complexity index is 2910. The van der Waals surface area contributed by atoms with Gasteiger partial charge in [0.25, 0.3) is 0 Å². The normalized spacial score (nSPS) is 11.3. The topological polar surface area (TPSA) is 38.9 Å². The van der Waals surface area contributed by atoms with Gasteiger partial charge in [-0.05, 0) is 104 Å². The first-order chi connectivity index (χ1) is 27.2. The molecular weight excluding hydrogens is 669 g/mol. The lowest BCUT2D eigenvalue weighted by atomic mass is 9.88. The van der Waals surface area contributed by atoms with Crippen LogP contribution >= 0.6 is 0 Å². The van der Waals surface area contributed by atoms with Crippen molar-refractivity contribution in [3.63, 3.8) is 0 Å². The SMILES string of the molecule is c1ccc(-c2cc(-c3ccccc3)nc(-c3cccc(-c4c(-c5cccc(-c6ccc7oc(-c8ccccc8)nc7c6)c5)ccc5ccccc45)c3)c2)cc1. The average Bonchev–Trinajstić information content (AvgIpc) is 3.71. The maximum atomic E-state index is 6.13. The van der Waals surface area contributed by atoms with Gasteiger partial charge in [-0.1, -0.05) is 158 Å². The van der Waals surface area contributed by atoms with Crippen molar-refractivity contribution in [1.29, 1.82) is 0 Å². The van der Waals surface area contributed by atoms with Crippen LogP contribution in [0.25, 0.3) is 100 Å². The van der Waals surface area contributed by atoms with E-state index in [2.05, 4.69) is 164 Å². The van der Waals surface area contributed by atoms with Crippen molar-refractivity contribution in [1.82, 2.24) is 9.97 Å². The summed E-state index contributed by atoms with van der Waals surface area (Å²) in [6, 6.07) is 72.5. The van der Waals surface area contributed by atoms with Crippen LogP contribution in [-0.2, 0) is 0 Å². The molecule has 258 valence electrons. The molecule has 3 nitrogen and oxygen atoms in total. The molecule has 0 N–H and O–H groups in total. The minimum absolute atomic E-state index is 0.628. The van der Waals surface area contributed by atoms with E-state index in [0.29, 0.717) is 5.89 Å². The first kappa shape index (κ1) is 32.3. The summed E-state index contributed by atoms with van der Waals surface area (Å²) < 4.78 is 6.13. The van der Waals surface area contributed by atoms with Crippen molar-refractivity contribution in [3.8, 4) is 78.5 Å². The Hall–Kier alpha value is -7.36. The van der Waals surface area contributed by atoms with Crippen LogP contribution in [0.5, 0.6) is 0 Å². The molecule has 0 atom stereocenters. The molecule has 2 heterocycles. The number of fused-ring (bicyclic) bond motifs is 2. The molecule has 0 fully saturated rings. The van der Waals surface area contributed by atoms with Crippen LogP contribution in [0, 0.1) is 0 Å². The maximum Gasteiger partial charge on any atom is 0.227 e. The average molecular weight is 703 g/mol. The molecule has 0 saturated carbocycles. The molecule has 0 saturated heterocycles. The van der Waals surface area contributed by atoms with Gasteiger partial charge in [0.05, 0.1) is 11.4 Å². The van der Waals surface area contributed by atoms with Crippen LogP contribution in [0.1, 0.15) is 0 Å². The van der Waals surface area contributed by atoms with Crippen LogP contribution in [-0.4, -0.2) is 9.97 Å². The molecule has 0 radical (unpaired) electrons. The highest BCUT2D eigenvalue weighted by Crippen LogP contribution is 2.41. The number of hydrogen-bond acceptors (Lipinski definition) is 3. The predicted molar refractivity (Wildman–Crippen MR) is 227 cm³/mol. The van der Waals surface area contributed by atoms with Gasteiger partial charge in [0.2, 0.25) is 5.89 Å². The Balaban J connectivity index is 1.09. The van der Waals surface area contributed by atoms with Crippen molar-refractivity contribution in [2.75, 3.05) is 0 Å². The molecule has 0 spiro atoms. The molecule has 0 unspecified atom stereocenters. The third kappa shape index (κ3) is 6.28. The van der Waals surface area contributed by atoms with Crippen molar-refractivity contribution >= 4 is 21.9 Å². The molecule has 0 aliphatic carbocycles. The van der Waals surface area contributed by atoms with Crippen molar-refractivity contribution < 1.29 is 4.42 Å². The second kappa shape index (κ2) is 13.9. The summed E-state index contributed by atoms with van der Waals surface area (Å²) >= 11 is 0. The summed E-state index contributed by atoms with van der Waals surface area (Å²) in [5.74, 6) is 0.628. The molecule has 55 heavy (non-hydrogen) atoms. The fourth-order valence-corrected chi connectivity index (χ4v) is 7.57. The zero-order chi connectivity index (χ0) is 36.6. The molecule has 2 aromatic heterocycles. The van der Waals surface area contributed by atoms with Gasteiger partial charge in [-0.25, -0.2) is 9.97 Å². The Morgan fingerprint density at radius 3 is 1.69 bits per heavy atom. The van der Waals surface area contributed by atoms with Gasteiger partial charge in [-0.3, -0.25) is 0 Å². The summed E-state index contributed by atoms with van der Waals surface area (Å²) in [4.78, 5) is 10.1. The number of rotatable bonds is 7. The number of pyridine rings is 1. The Morgan fingerprint density at radius 2 is 0.909 bits per heavy atom.